The molecule has 1 rings (SSSR count). The van der Waals surface area contributed by atoms with Crippen LogP contribution in [0.25, 0.3) is 0 Å². The Balaban J connectivity index is 2.23. The summed E-state index contributed by atoms with van der Waals surface area (Å²) < 4.78 is 4.72. The number of esters is 1. The lowest BCUT2D eigenvalue weighted by atomic mass is 9.96. The molecule has 0 aromatic carbocycles. The molecule has 2 N–H and O–H groups in total. The van der Waals surface area contributed by atoms with Gasteiger partial charge in [0, 0.05) is 13.0 Å². The van der Waals surface area contributed by atoms with Gasteiger partial charge in [-0.3, -0.25) is 14.4 Å². The molecule has 0 aromatic heterocycles. The summed E-state index contributed by atoms with van der Waals surface area (Å²) in [6, 6.07) is 0. The van der Waals surface area contributed by atoms with E-state index in [1.54, 1.807) is 6.92 Å². The van der Waals surface area contributed by atoms with Gasteiger partial charge < -0.3 is 15.2 Å². The van der Waals surface area contributed by atoms with Gasteiger partial charge in [0.25, 0.3) is 0 Å². The van der Waals surface area contributed by atoms with Crippen molar-refractivity contribution in [3.8, 4) is 0 Å². The summed E-state index contributed by atoms with van der Waals surface area (Å²) in [4.78, 5) is 33.6. The molecular formula is C13H21NO5. The summed E-state index contributed by atoms with van der Waals surface area (Å²) in [5.74, 6) is -1.76. The van der Waals surface area contributed by atoms with Crippen molar-refractivity contribution in [2.45, 2.75) is 39.0 Å². The molecule has 1 saturated carbocycles. The summed E-state index contributed by atoms with van der Waals surface area (Å²) in [5.41, 5.74) is 0. The molecule has 108 valence electrons. The number of hydrogen-bond donors (Lipinski definition) is 2. The molecule has 0 radical (unpaired) electrons. The van der Waals surface area contributed by atoms with Gasteiger partial charge in [-0.2, -0.15) is 0 Å². The third-order valence-electron chi connectivity index (χ3n) is 3.40. The van der Waals surface area contributed by atoms with Crippen LogP contribution in [-0.4, -0.2) is 36.1 Å². The maximum absolute atomic E-state index is 11.5. The van der Waals surface area contributed by atoms with Crippen LogP contribution in [0.5, 0.6) is 0 Å². The van der Waals surface area contributed by atoms with Gasteiger partial charge in [-0.25, -0.2) is 0 Å². The van der Waals surface area contributed by atoms with Gasteiger partial charge in [0.15, 0.2) is 0 Å². The molecule has 6 nitrogen and oxygen atoms in total. The summed E-state index contributed by atoms with van der Waals surface area (Å²) in [6.07, 6.45) is 2.55. The first-order chi connectivity index (χ1) is 9.04. The fourth-order valence-electron chi connectivity index (χ4n) is 2.39. The number of carboxylic acids is 1. The minimum Gasteiger partial charge on any atom is -0.481 e. The van der Waals surface area contributed by atoms with Crippen molar-refractivity contribution in [3.05, 3.63) is 0 Å². The Hall–Kier alpha value is -1.59. The van der Waals surface area contributed by atoms with Crippen LogP contribution in [0, 0.1) is 11.8 Å². The summed E-state index contributed by atoms with van der Waals surface area (Å²) in [6.45, 7) is 2.39. The number of nitrogens with one attached hydrogen (secondary N) is 1. The molecule has 1 aliphatic carbocycles. The highest BCUT2D eigenvalue weighted by Crippen LogP contribution is 2.31. The van der Waals surface area contributed by atoms with Gasteiger partial charge in [0.1, 0.15) is 0 Å². The lowest BCUT2D eigenvalue weighted by Crippen LogP contribution is -2.33. The molecule has 6 heteroatoms. The molecule has 2 atom stereocenters. The highest BCUT2D eigenvalue weighted by molar-refractivity contribution is 5.81. The van der Waals surface area contributed by atoms with E-state index in [4.69, 9.17) is 9.84 Å². The van der Waals surface area contributed by atoms with Crippen molar-refractivity contribution in [1.29, 1.82) is 0 Å². The Morgan fingerprint density at radius 2 is 2.00 bits per heavy atom. The molecule has 0 aromatic rings. The second-order valence-corrected chi connectivity index (χ2v) is 4.74. The third kappa shape index (κ3) is 5.28. The smallest absolute Gasteiger partial charge is 0.306 e. The highest BCUT2D eigenvalue weighted by Gasteiger charge is 2.32. The Labute approximate surface area is 112 Å². The zero-order valence-electron chi connectivity index (χ0n) is 11.2. The number of carbonyl (C=O) groups is 3. The topological polar surface area (TPSA) is 92.7 Å². The zero-order valence-corrected chi connectivity index (χ0v) is 11.2. The van der Waals surface area contributed by atoms with E-state index in [9.17, 15) is 14.4 Å². The first kappa shape index (κ1) is 15.5. The van der Waals surface area contributed by atoms with E-state index in [1.165, 1.54) is 0 Å². The van der Waals surface area contributed by atoms with Gasteiger partial charge >= 0.3 is 11.9 Å². The van der Waals surface area contributed by atoms with Crippen molar-refractivity contribution in [1.82, 2.24) is 5.32 Å². The molecule has 1 fully saturated rings. The predicted octanol–water partition coefficient (Wildman–Crippen LogP) is 0.947. The van der Waals surface area contributed by atoms with Gasteiger partial charge in [0.05, 0.1) is 18.9 Å². The van der Waals surface area contributed by atoms with Crippen LogP contribution < -0.4 is 5.32 Å². The van der Waals surface area contributed by atoms with Crippen LogP contribution in [0.15, 0.2) is 0 Å². The first-order valence-electron chi connectivity index (χ1n) is 6.69. The van der Waals surface area contributed by atoms with Gasteiger partial charge in [-0.1, -0.05) is 6.42 Å². The number of carboxylic acid groups (broad SMARTS) is 1. The van der Waals surface area contributed by atoms with E-state index in [1.807, 2.05) is 0 Å². The van der Waals surface area contributed by atoms with Gasteiger partial charge in [-0.05, 0) is 25.7 Å². The summed E-state index contributed by atoms with van der Waals surface area (Å²) in [5, 5.41) is 11.7. The molecule has 19 heavy (non-hydrogen) atoms. The minimum absolute atomic E-state index is 0.00374. The lowest BCUT2D eigenvalue weighted by Gasteiger charge is -2.16. The SMILES string of the molecule is CCOC(=O)CCC(=O)NCC1CCCC1C(=O)O. The van der Waals surface area contributed by atoms with E-state index >= 15 is 0 Å². The van der Waals surface area contributed by atoms with Crippen LogP contribution in [0.3, 0.4) is 0 Å². The first-order valence-corrected chi connectivity index (χ1v) is 6.69. The molecule has 1 amide bonds. The third-order valence-corrected chi connectivity index (χ3v) is 3.40. The van der Waals surface area contributed by atoms with Gasteiger partial charge in [0.2, 0.25) is 5.91 Å². The van der Waals surface area contributed by atoms with E-state index in [0.29, 0.717) is 19.6 Å². The number of ether oxygens (including phenoxy) is 1. The predicted molar refractivity (Wildman–Crippen MR) is 67.3 cm³/mol. The van der Waals surface area contributed by atoms with Crippen molar-refractivity contribution >= 4 is 17.8 Å². The van der Waals surface area contributed by atoms with E-state index < -0.39 is 5.97 Å². The average molecular weight is 271 g/mol. The van der Waals surface area contributed by atoms with Crippen LogP contribution in [0.1, 0.15) is 39.0 Å². The van der Waals surface area contributed by atoms with Crippen molar-refractivity contribution in [2.75, 3.05) is 13.2 Å². The highest BCUT2D eigenvalue weighted by atomic mass is 16.5. The molecular weight excluding hydrogens is 250 g/mol. The van der Waals surface area contributed by atoms with E-state index in [2.05, 4.69) is 5.32 Å². The molecule has 0 aliphatic heterocycles. The van der Waals surface area contributed by atoms with E-state index in [0.717, 1.165) is 12.8 Å². The number of amides is 1. The normalized spacial score (nSPS) is 21.9. The molecule has 0 spiro atoms. The van der Waals surface area contributed by atoms with Crippen LogP contribution in [0.4, 0.5) is 0 Å². The van der Waals surface area contributed by atoms with Crippen molar-refractivity contribution in [2.24, 2.45) is 11.8 Å². The van der Waals surface area contributed by atoms with Crippen LogP contribution in [0.2, 0.25) is 0 Å². The minimum atomic E-state index is -0.789. The maximum Gasteiger partial charge on any atom is 0.306 e. The Kier molecular flexibility index (Phi) is 6.32. The number of carbonyl (C=O) groups excluding carboxylic acids is 2. The summed E-state index contributed by atoms with van der Waals surface area (Å²) >= 11 is 0. The number of rotatable bonds is 7. The fourth-order valence-corrected chi connectivity index (χ4v) is 2.39. The number of aliphatic carboxylic acids is 1. The second kappa shape index (κ2) is 7.76. The fraction of sp³-hybridized carbons (Fsp3) is 0.769. The van der Waals surface area contributed by atoms with Gasteiger partial charge in [-0.15, -0.1) is 0 Å². The van der Waals surface area contributed by atoms with Crippen molar-refractivity contribution < 1.29 is 24.2 Å². The Morgan fingerprint density at radius 1 is 1.26 bits per heavy atom. The molecule has 0 heterocycles. The summed E-state index contributed by atoms with van der Waals surface area (Å²) in [7, 11) is 0. The zero-order chi connectivity index (χ0) is 14.3. The Bertz CT molecular complexity index is 342. The van der Waals surface area contributed by atoms with Crippen molar-refractivity contribution in [3.63, 3.8) is 0 Å². The molecule has 2 unspecified atom stereocenters. The number of hydrogen-bond acceptors (Lipinski definition) is 4. The largest absolute Gasteiger partial charge is 0.481 e. The molecule has 1 aliphatic rings. The standard InChI is InChI=1S/C13H21NO5/c1-2-19-12(16)7-6-11(15)14-8-9-4-3-5-10(9)13(17)18/h9-10H,2-8H2,1H3,(H,14,15)(H,17,18). The molecule has 0 bridgehead atoms. The quantitative estimate of drug-likeness (QED) is 0.672. The molecule has 0 saturated heterocycles. The maximum atomic E-state index is 11.5. The van der Waals surface area contributed by atoms with Crippen LogP contribution in [-0.2, 0) is 19.1 Å². The van der Waals surface area contributed by atoms with E-state index in [-0.39, 0.29) is 36.6 Å². The second-order valence-electron chi connectivity index (χ2n) is 4.74. The monoisotopic (exact) mass is 271 g/mol. The Morgan fingerprint density at radius 3 is 2.63 bits per heavy atom. The average Bonchev–Trinajstić information content (AvgIpc) is 2.82. The lowest BCUT2D eigenvalue weighted by molar-refractivity contribution is -0.144. The van der Waals surface area contributed by atoms with Crippen LogP contribution >= 0.6 is 0 Å².